The van der Waals surface area contributed by atoms with Gasteiger partial charge in [0.25, 0.3) is 5.91 Å². The summed E-state index contributed by atoms with van der Waals surface area (Å²) in [6.07, 6.45) is 0. The number of Topliss-reactive ketones (excluding diaryl/α,β-unsaturated/α-hetero) is 1. The van der Waals surface area contributed by atoms with Crippen molar-refractivity contribution in [2.24, 2.45) is 0 Å². The molecule has 0 radical (unpaired) electrons. The van der Waals surface area contributed by atoms with Gasteiger partial charge in [0.15, 0.2) is 10.9 Å². The van der Waals surface area contributed by atoms with Crippen LogP contribution in [0.3, 0.4) is 0 Å². The maximum atomic E-state index is 12.0. The second kappa shape index (κ2) is 5.50. The Morgan fingerprint density at radius 3 is 2.68 bits per heavy atom. The molecule has 1 N–H and O–H groups in total. The van der Waals surface area contributed by atoms with E-state index in [4.69, 9.17) is 11.6 Å². The summed E-state index contributed by atoms with van der Waals surface area (Å²) < 4.78 is 0. The number of hydrogen-bond acceptors (Lipinski definition) is 4. The zero-order valence-corrected chi connectivity index (χ0v) is 11.9. The van der Waals surface area contributed by atoms with Crippen LogP contribution in [0.1, 0.15) is 33.3 Å². The van der Waals surface area contributed by atoms with Gasteiger partial charge in [0, 0.05) is 22.9 Å². The van der Waals surface area contributed by atoms with Crippen molar-refractivity contribution in [1.29, 1.82) is 0 Å². The van der Waals surface area contributed by atoms with Crippen LogP contribution in [0.25, 0.3) is 0 Å². The monoisotopic (exact) mass is 294 g/mol. The van der Waals surface area contributed by atoms with E-state index in [0.717, 1.165) is 5.56 Å². The molecule has 0 atom stereocenters. The number of halogens is 1. The van der Waals surface area contributed by atoms with Gasteiger partial charge in [-0.3, -0.25) is 14.9 Å². The van der Waals surface area contributed by atoms with Gasteiger partial charge >= 0.3 is 0 Å². The minimum atomic E-state index is -0.300. The van der Waals surface area contributed by atoms with Crippen LogP contribution in [0.5, 0.6) is 0 Å². The molecule has 98 valence electrons. The number of carbonyl (C=O) groups is 2. The van der Waals surface area contributed by atoms with Gasteiger partial charge in [-0.1, -0.05) is 17.7 Å². The largest absolute Gasteiger partial charge is 0.298 e. The van der Waals surface area contributed by atoms with Crippen LogP contribution in [0, 0.1) is 6.92 Å². The molecule has 0 aliphatic heterocycles. The molecule has 0 bridgehead atoms. The van der Waals surface area contributed by atoms with Gasteiger partial charge in [-0.15, -0.1) is 11.3 Å². The Morgan fingerprint density at radius 1 is 1.37 bits per heavy atom. The number of amides is 1. The summed E-state index contributed by atoms with van der Waals surface area (Å²) in [6.45, 7) is 3.30. The van der Waals surface area contributed by atoms with Crippen molar-refractivity contribution < 1.29 is 9.59 Å². The van der Waals surface area contributed by atoms with Crippen LogP contribution in [-0.2, 0) is 0 Å². The van der Waals surface area contributed by atoms with Crippen molar-refractivity contribution >= 4 is 39.8 Å². The third-order valence-corrected chi connectivity index (χ3v) is 3.68. The highest BCUT2D eigenvalue weighted by molar-refractivity contribution is 7.14. The number of hydrogen-bond donors (Lipinski definition) is 1. The number of nitrogens with zero attached hydrogens (tertiary/aromatic N) is 1. The Kier molecular flexibility index (Phi) is 3.97. The predicted octanol–water partition coefficient (Wildman–Crippen LogP) is 3.56. The Bertz CT molecular complexity index is 652. The van der Waals surface area contributed by atoms with Gasteiger partial charge < -0.3 is 0 Å². The highest BCUT2D eigenvalue weighted by Gasteiger charge is 2.11. The smallest absolute Gasteiger partial charge is 0.257 e. The molecule has 1 aromatic heterocycles. The van der Waals surface area contributed by atoms with E-state index >= 15 is 0 Å². The Morgan fingerprint density at radius 2 is 2.11 bits per heavy atom. The molecule has 0 aliphatic rings. The molecule has 1 heterocycles. The maximum absolute atomic E-state index is 12.0. The van der Waals surface area contributed by atoms with Crippen LogP contribution in [0.15, 0.2) is 23.6 Å². The summed E-state index contributed by atoms with van der Waals surface area (Å²) in [5.74, 6) is -0.429. The number of benzene rings is 1. The lowest BCUT2D eigenvalue weighted by Crippen LogP contribution is -2.12. The summed E-state index contributed by atoms with van der Waals surface area (Å²) in [6, 6.07) is 5.07. The fourth-order valence-electron chi connectivity index (χ4n) is 1.40. The molecule has 0 fully saturated rings. The van der Waals surface area contributed by atoms with E-state index in [9.17, 15) is 9.59 Å². The number of nitrogens with one attached hydrogen (secondary N) is 1. The number of ketones is 1. The van der Waals surface area contributed by atoms with E-state index in [1.165, 1.54) is 18.3 Å². The molecule has 19 heavy (non-hydrogen) atoms. The van der Waals surface area contributed by atoms with E-state index in [0.29, 0.717) is 21.4 Å². The molecule has 0 spiro atoms. The van der Waals surface area contributed by atoms with Crippen molar-refractivity contribution in [3.05, 3.63) is 45.4 Å². The van der Waals surface area contributed by atoms with Crippen molar-refractivity contribution in [2.75, 3.05) is 5.32 Å². The Balaban J connectivity index is 2.15. The first-order valence-corrected chi connectivity index (χ1v) is 6.77. The summed E-state index contributed by atoms with van der Waals surface area (Å²) in [5, 5.41) is 5.18. The van der Waals surface area contributed by atoms with Gasteiger partial charge in [-0.05, 0) is 24.6 Å². The Labute approximate surface area is 119 Å². The first-order chi connectivity index (χ1) is 8.97. The number of aryl methyl sites for hydroxylation is 1. The molecule has 0 aliphatic carbocycles. The number of thiazole rings is 1. The van der Waals surface area contributed by atoms with Crippen LogP contribution >= 0.6 is 22.9 Å². The standard InChI is InChI=1S/C13H11ClN2O2S/c1-7-3-4-9(5-10(7)14)12(18)16-13-15-11(6-19-13)8(2)17/h3-6H,1-2H3,(H,15,16,18). The fourth-order valence-corrected chi connectivity index (χ4v) is 2.32. The van der Waals surface area contributed by atoms with E-state index in [1.54, 1.807) is 23.6 Å². The molecular weight excluding hydrogens is 284 g/mol. The molecule has 2 aromatic rings. The van der Waals surface area contributed by atoms with Gasteiger partial charge in [-0.2, -0.15) is 0 Å². The molecule has 1 amide bonds. The second-order valence-corrected chi connectivity index (χ2v) is 5.28. The lowest BCUT2D eigenvalue weighted by molar-refractivity contribution is 0.100. The normalized spacial score (nSPS) is 10.3. The number of aromatic nitrogens is 1. The third-order valence-electron chi connectivity index (χ3n) is 2.52. The fraction of sp³-hybridized carbons (Fsp3) is 0.154. The minimum Gasteiger partial charge on any atom is -0.298 e. The van der Waals surface area contributed by atoms with Crippen LogP contribution in [0.4, 0.5) is 5.13 Å². The molecule has 4 nitrogen and oxygen atoms in total. The SMILES string of the molecule is CC(=O)c1csc(NC(=O)c2ccc(C)c(Cl)c2)n1. The molecule has 0 saturated heterocycles. The van der Waals surface area contributed by atoms with Crippen molar-refractivity contribution in [3.8, 4) is 0 Å². The topological polar surface area (TPSA) is 59.1 Å². The summed E-state index contributed by atoms with van der Waals surface area (Å²) in [4.78, 5) is 27.1. The molecule has 0 unspecified atom stereocenters. The average molecular weight is 295 g/mol. The van der Waals surface area contributed by atoms with E-state index in [2.05, 4.69) is 10.3 Å². The number of rotatable bonds is 3. The van der Waals surface area contributed by atoms with E-state index in [1.807, 2.05) is 6.92 Å². The number of carbonyl (C=O) groups excluding carboxylic acids is 2. The zero-order valence-electron chi connectivity index (χ0n) is 10.4. The zero-order chi connectivity index (χ0) is 14.0. The molecule has 0 saturated carbocycles. The van der Waals surface area contributed by atoms with Crippen molar-refractivity contribution in [1.82, 2.24) is 4.98 Å². The van der Waals surface area contributed by atoms with E-state index < -0.39 is 0 Å². The minimum absolute atomic E-state index is 0.130. The molecule has 6 heteroatoms. The summed E-state index contributed by atoms with van der Waals surface area (Å²) in [5.41, 5.74) is 1.71. The molecule has 1 aromatic carbocycles. The second-order valence-electron chi connectivity index (χ2n) is 4.01. The highest BCUT2D eigenvalue weighted by Crippen LogP contribution is 2.20. The third kappa shape index (κ3) is 3.19. The van der Waals surface area contributed by atoms with Gasteiger partial charge in [0.1, 0.15) is 5.69 Å². The van der Waals surface area contributed by atoms with Crippen molar-refractivity contribution in [2.45, 2.75) is 13.8 Å². The van der Waals surface area contributed by atoms with Gasteiger partial charge in [0.2, 0.25) is 0 Å². The Hall–Kier alpha value is -1.72. The predicted molar refractivity (Wildman–Crippen MR) is 76.3 cm³/mol. The highest BCUT2D eigenvalue weighted by atomic mass is 35.5. The lowest BCUT2D eigenvalue weighted by Gasteiger charge is -2.03. The van der Waals surface area contributed by atoms with E-state index in [-0.39, 0.29) is 11.7 Å². The van der Waals surface area contributed by atoms with Crippen LogP contribution in [0.2, 0.25) is 5.02 Å². The van der Waals surface area contributed by atoms with Crippen LogP contribution < -0.4 is 5.32 Å². The molecule has 2 rings (SSSR count). The quantitative estimate of drug-likeness (QED) is 0.881. The van der Waals surface area contributed by atoms with Gasteiger partial charge in [-0.25, -0.2) is 4.98 Å². The van der Waals surface area contributed by atoms with Crippen LogP contribution in [-0.4, -0.2) is 16.7 Å². The lowest BCUT2D eigenvalue weighted by atomic mass is 10.1. The average Bonchev–Trinajstić information content (AvgIpc) is 2.81. The summed E-state index contributed by atoms with van der Waals surface area (Å²) in [7, 11) is 0. The van der Waals surface area contributed by atoms with Crippen molar-refractivity contribution in [3.63, 3.8) is 0 Å². The first kappa shape index (κ1) is 13.7. The maximum Gasteiger partial charge on any atom is 0.257 e. The summed E-state index contributed by atoms with van der Waals surface area (Å²) >= 11 is 7.18. The van der Waals surface area contributed by atoms with Gasteiger partial charge in [0.05, 0.1) is 0 Å². The molecular formula is C13H11ClN2O2S. The first-order valence-electron chi connectivity index (χ1n) is 5.51. The number of anilines is 1.